The number of ether oxygens (including phenoxy) is 1. The van der Waals surface area contributed by atoms with E-state index in [0.29, 0.717) is 18.7 Å². The number of nitrogens with zero attached hydrogens (tertiary/aromatic N) is 1. The van der Waals surface area contributed by atoms with Crippen LogP contribution in [0.1, 0.15) is 12.5 Å². The molecule has 2 N–H and O–H groups in total. The van der Waals surface area contributed by atoms with Gasteiger partial charge in [0.15, 0.2) is 11.6 Å². The molecular weight excluding hydrogens is 329 g/mol. The number of carbonyl (C=O) groups is 1. The van der Waals surface area contributed by atoms with Gasteiger partial charge in [0.25, 0.3) is 5.69 Å². The molecule has 8 heteroatoms. The topological polar surface area (TPSA) is 93.5 Å². The second-order valence-corrected chi connectivity index (χ2v) is 5.32. The lowest BCUT2D eigenvalue weighted by Gasteiger charge is -2.10. The number of rotatable bonds is 7. The molecule has 0 bridgehead atoms. The van der Waals surface area contributed by atoms with Crippen molar-refractivity contribution in [2.45, 2.75) is 13.3 Å². The van der Waals surface area contributed by atoms with E-state index in [1.54, 1.807) is 12.1 Å². The Labute approximate surface area is 144 Å². The highest BCUT2D eigenvalue weighted by molar-refractivity contribution is 5.88. The van der Waals surface area contributed by atoms with Gasteiger partial charge in [0.2, 0.25) is 5.91 Å². The van der Waals surface area contributed by atoms with Crippen molar-refractivity contribution in [1.29, 1.82) is 0 Å². The molecule has 0 saturated heterocycles. The first kappa shape index (κ1) is 18.2. The normalized spacial score (nSPS) is 10.2. The Kier molecular flexibility index (Phi) is 5.89. The molecule has 25 heavy (non-hydrogen) atoms. The van der Waals surface area contributed by atoms with Gasteiger partial charge in [-0.15, -0.1) is 0 Å². The number of methoxy groups -OCH3 is 1. The zero-order chi connectivity index (χ0) is 18.4. The Morgan fingerprint density at radius 3 is 2.52 bits per heavy atom. The van der Waals surface area contributed by atoms with Crippen LogP contribution in [0.25, 0.3) is 0 Å². The maximum Gasteiger partial charge on any atom is 0.295 e. The molecular formula is C17H18FN3O4. The van der Waals surface area contributed by atoms with Crippen LogP contribution < -0.4 is 15.4 Å². The summed E-state index contributed by atoms with van der Waals surface area (Å²) in [6.07, 6.45) is 0.594. The third-order valence-corrected chi connectivity index (χ3v) is 3.47. The fourth-order valence-corrected chi connectivity index (χ4v) is 2.29. The molecule has 0 heterocycles. The molecule has 1 amide bonds. The van der Waals surface area contributed by atoms with Crippen molar-refractivity contribution in [2.75, 3.05) is 24.3 Å². The first-order valence-electron chi connectivity index (χ1n) is 7.53. The molecule has 0 radical (unpaired) electrons. The van der Waals surface area contributed by atoms with Gasteiger partial charge in [0, 0.05) is 25.2 Å². The third kappa shape index (κ3) is 4.90. The first-order valence-corrected chi connectivity index (χ1v) is 7.53. The number of nitro groups is 1. The van der Waals surface area contributed by atoms with Gasteiger partial charge in [-0.1, -0.05) is 12.1 Å². The summed E-state index contributed by atoms with van der Waals surface area (Å²) in [5.74, 6) is -0.993. The standard InChI is InChI=1S/C17H18FN3O4/c1-11(22)20-13-5-3-12(4-6-13)7-8-19-15-10-17(25-2)14(18)9-16(15)21(23)24/h3-6,9-10,19H,7-8H2,1-2H3,(H,20,22). The van der Waals surface area contributed by atoms with Gasteiger partial charge in [-0.05, 0) is 24.1 Å². The molecule has 132 valence electrons. The Morgan fingerprint density at radius 1 is 1.28 bits per heavy atom. The number of hydrogen-bond acceptors (Lipinski definition) is 5. The highest BCUT2D eigenvalue weighted by Gasteiger charge is 2.18. The van der Waals surface area contributed by atoms with Gasteiger partial charge in [0.1, 0.15) is 5.69 Å². The molecule has 0 aliphatic heterocycles. The Morgan fingerprint density at radius 2 is 1.96 bits per heavy atom. The van der Waals surface area contributed by atoms with Crippen LogP contribution in [0.5, 0.6) is 5.75 Å². The average Bonchev–Trinajstić information content (AvgIpc) is 2.56. The molecule has 7 nitrogen and oxygen atoms in total. The number of carbonyl (C=O) groups excluding carboxylic acids is 1. The van der Waals surface area contributed by atoms with Crippen LogP contribution >= 0.6 is 0 Å². The second-order valence-electron chi connectivity index (χ2n) is 5.32. The predicted molar refractivity (Wildman–Crippen MR) is 92.5 cm³/mol. The quantitative estimate of drug-likeness (QED) is 0.592. The van der Waals surface area contributed by atoms with Crippen molar-refractivity contribution in [2.24, 2.45) is 0 Å². The molecule has 0 unspecified atom stereocenters. The van der Waals surface area contributed by atoms with Crippen LogP contribution in [0.2, 0.25) is 0 Å². The molecule has 0 saturated carbocycles. The molecule has 0 aliphatic carbocycles. The Balaban J connectivity index is 2.03. The lowest BCUT2D eigenvalue weighted by Crippen LogP contribution is -2.08. The van der Waals surface area contributed by atoms with Crippen LogP contribution in [-0.2, 0) is 11.2 Å². The molecule has 2 aromatic rings. The number of nitrogens with one attached hydrogen (secondary N) is 2. The average molecular weight is 347 g/mol. The van der Waals surface area contributed by atoms with E-state index in [1.807, 2.05) is 12.1 Å². The van der Waals surface area contributed by atoms with E-state index < -0.39 is 10.7 Å². The van der Waals surface area contributed by atoms with Crippen molar-refractivity contribution in [3.05, 3.63) is 57.9 Å². The zero-order valence-corrected chi connectivity index (χ0v) is 13.8. The van der Waals surface area contributed by atoms with Gasteiger partial charge < -0.3 is 15.4 Å². The van der Waals surface area contributed by atoms with Crippen molar-refractivity contribution < 1.29 is 18.8 Å². The fraction of sp³-hybridized carbons (Fsp3) is 0.235. The van der Waals surface area contributed by atoms with E-state index >= 15 is 0 Å². The zero-order valence-electron chi connectivity index (χ0n) is 13.8. The Hall–Kier alpha value is -3.16. The van der Waals surface area contributed by atoms with E-state index in [1.165, 1.54) is 20.1 Å². The summed E-state index contributed by atoms with van der Waals surface area (Å²) in [6.45, 7) is 1.84. The van der Waals surface area contributed by atoms with Crippen LogP contribution in [0, 0.1) is 15.9 Å². The van der Waals surface area contributed by atoms with Gasteiger partial charge in [-0.3, -0.25) is 14.9 Å². The summed E-state index contributed by atoms with van der Waals surface area (Å²) < 4.78 is 18.5. The van der Waals surface area contributed by atoms with Crippen molar-refractivity contribution in [3.63, 3.8) is 0 Å². The minimum absolute atomic E-state index is 0.0623. The lowest BCUT2D eigenvalue weighted by atomic mass is 10.1. The highest BCUT2D eigenvalue weighted by atomic mass is 19.1. The number of anilines is 2. The summed E-state index contributed by atoms with van der Waals surface area (Å²) in [5.41, 5.74) is 1.53. The second kappa shape index (κ2) is 8.09. The third-order valence-electron chi connectivity index (χ3n) is 3.47. The van der Waals surface area contributed by atoms with Crippen molar-refractivity contribution >= 4 is 23.0 Å². The number of hydrogen-bond donors (Lipinski definition) is 2. The minimum Gasteiger partial charge on any atom is -0.494 e. The Bertz CT molecular complexity index is 778. The number of amides is 1. The minimum atomic E-state index is -0.784. The summed E-state index contributed by atoms with van der Waals surface area (Å²) in [7, 11) is 1.30. The smallest absolute Gasteiger partial charge is 0.295 e. The van der Waals surface area contributed by atoms with E-state index in [9.17, 15) is 19.3 Å². The fourth-order valence-electron chi connectivity index (χ4n) is 2.29. The summed E-state index contributed by atoms with van der Waals surface area (Å²) in [4.78, 5) is 21.4. The SMILES string of the molecule is COc1cc(NCCc2ccc(NC(C)=O)cc2)c([N+](=O)[O-])cc1F. The van der Waals surface area contributed by atoms with Gasteiger partial charge in [-0.25, -0.2) is 4.39 Å². The molecule has 0 aromatic heterocycles. The van der Waals surface area contributed by atoms with E-state index in [2.05, 4.69) is 10.6 Å². The predicted octanol–water partition coefficient (Wildman–Crippen LogP) is 3.36. The van der Waals surface area contributed by atoms with E-state index in [-0.39, 0.29) is 23.0 Å². The lowest BCUT2D eigenvalue weighted by molar-refractivity contribution is -0.384. The first-order chi connectivity index (χ1) is 11.9. The van der Waals surface area contributed by atoms with E-state index in [4.69, 9.17) is 4.74 Å². The summed E-state index contributed by atoms with van der Waals surface area (Å²) in [5, 5.41) is 16.7. The number of benzene rings is 2. The number of nitro benzene ring substituents is 1. The summed E-state index contributed by atoms with van der Waals surface area (Å²) >= 11 is 0. The number of halogens is 1. The molecule has 0 fully saturated rings. The largest absolute Gasteiger partial charge is 0.494 e. The van der Waals surface area contributed by atoms with Crippen LogP contribution in [0.4, 0.5) is 21.5 Å². The maximum absolute atomic E-state index is 13.6. The monoisotopic (exact) mass is 347 g/mol. The molecule has 0 spiro atoms. The van der Waals surface area contributed by atoms with E-state index in [0.717, 1.165) is 11.6 Å². The molecule has 2 aromatic carbocycles. The van der Waals surface area contributed by atoms with Crippen LogP contribution in [-0.4, -0.2) is 24.5 Å². The van der Waals surface area contributed by atoms with Crippen molar-refractivity contribution in [1.82, 2.24) is 0 Å². The van der Waals surface area contributed by atoms with Crippen LogP contribution in [0.3, 0.4) is 0 Å². The van der Waals surface area contributed by atoms with Gasteiger partial charge in [-0.2, -0.15) is 0 Å². The molecule has 0 aliphatic rings. The van der Waals surface area contributed by atoms with Gasteiger partial charge >= 0.3 is 0 Å². The van der Waals surface area contributed by atoms with Crippen molar-refractivity contribution in [3.8, 4) is 5.75 Å². The molecule has 0 atom stereocenters. The van der Waals surface area contributed by atoms with Crippen LogP contribution in [0.15, 0.2) is 36.4 Å². The van der Waals surface area contributed by atoms with Gasteiger partial charge in [0.05, 0.1) is 18.1 Å². The highest BCUT2D eigenvalue weighted by Crippen LogP contribution is 2.31. The molecule has 2 rings (SSSR count). The summed E-state index contributed by atoms with van der Waals surface area (Å²) in [6, 6.07) is 9.37. The maximum atomic E-state index is 13.6.